The molecule has 0 heteroatoms. The van der Waals surface area contributed by atoms with E-state index < -0.39 is 0 Å². The maximum atomic E-state index is 2.42. The Kier molecular flexibility index (Phi) is 2.38. The molecule has 0 radical (unpaired) electrons. The van der Waals surface area contributed by atoms with E-state index >= 15 is 0 Å². The molecule has 0 amide bonds. The maximum Gasteiger partial charge on any atom is -0.0175 e. The summed E-state index contributed by atoms with van der Waals surface area (Å²) in [6.07, 6.45) is 7.51. The second-order valence-electron chi connectivity index (χ2n) is 5.86. The molecule has 1 aliphatic carbocycles. The van der Waals surface area contributed by atoms with E-state index in [1.165, 1.54) is 12.8 Å². The van der Waals surface area contributed by atoms with E-state index in [2.05, 4.69) is 46.8 Å². The predicted molar refractivity (Wildman–Crippen MR) is 55.1 cm³/mol. The van der Waals surface area contributed by atoms with Gasteiger partial charge in [0.2, 0.25) is 0 Å². The van der Waals surface area contributed by atoms with Gasteiger partial charge in [-0.05, 0) is 29.6 Å². The van der Waals surface area contributed by atoms with Crippen molar-refractivity contribution in [3.8, 4) is 0 Å². The number of allylic oxidation sites excluding steroid dienone is 2. The molecule has 0 heterocycles. The summed E-state index contributed by atoms with van der Waals surface area (Å²) in [5.41, 5.74) is 0.898. The van der Waals surface area contributed by atoms with E-state index in [0.717, 1.165) is 5.92 Å². The van der Waals surface area contributed by atoms with Gasteiger partial charge in [-0.3, -0.25) is 0 Å². The molecular weight excluding hydrogens is 144 g/mol. The van der Waals surface area contributed by atoms with Gasteiger partial charge in [0, 0.05) is 0 Å². The molecule has 0 aromatic carbocycles. The van der Waals surface area contributed by atoms with Gasteiger partial charge in [0.1, 0.15) is 0 Å². The van der Waals surface area contributed by atoms with Crippen molar-refractivity contribution in [1.82, 2.24) is 0 Å². The summed E-state index contributed by atoms with van der Waals surface area (Å²) in [5.74, 6) is 0.783. The number of rotatable bonds is 0. The molecule has 0 aliphatic heterocycles. The van der Waals surface area contributed by atoms with Crippen LogP contribution < -0.4 is 0 Å². The lowest BCUT2D eigenvalue weighted by atomic mass is 9.70. The van der Waals surface area contributed by atoms with E-state index in [-0.39, 0.29) is 0 Å². The zero-order valence-corrected chi connectivity index (χ0v) is 9.15. The van der Waals surface area contributed by atoms with Gasteiger partial charge >= 0.3 is 0 Å². The molecule has 1 atom stereocenters. The summed E-state index contributed by atoms with van der Waals surface area (Å²) in [5, 5.41) is 0. The Morgan fingerprint density at radius 3 is 2.17 bits per heavy atom. The first-order chi connectivity index (χ1) is 5.31. The monoisotopic (exact) mass is 166 g/mol. The molecule has 12 heavy (non-hydrogen) atoms. The molecule has 0 aromatic rings. The largest absolute Gasteiger partial charge is 0.0844 e. The van der Waals surface area contributed by atoms with Gasteiger partial charge in [0.25, 0.3) is 0 Å². The lowest BCUT2D eigenvalue weighted by Crippen LogP contribution is -2.24. The van der Waals surface area contributed by atoms with Gasteiger partial charge in [-0.15, -0.1) is 0 Å². The number of hydrogen-bond acceptors (Lipinski definition) is 0. The maximum absolute atomic E-state index is 2.42. The molecule has 1 rings (SSSR count). The third-order valence-electron chi connectivity index (χ3n) is 2.99. The van der Waals surface area contributed by atoms with E-state index in [4.69, 9.17) is 0 Å². The topological polar surface area (TPSA) is 0 Å². The normalized spacial score (nSPS) is 28.9. The highest BCUT2D eigenvalue weighted by Gasteiger charge is 2.28. The van der Waals surface area contributed by atoms with Crippen LogP contribution in [0.25, 0.3) is 0 Å². The van der Waals surface area contributed by atoms with Crippen LogP contribution in [0, 0.1) is 16.7 Å². The van der Waals surface area contributed by atoms with Crippen molar-refractivity contribution < 1.29 is 0 Å². The van der Waals surface area contributed by atoms with E-state index in [0.29, 0.717) is 10.8 Å². The standard InChI is InChI=1S/C12H22/c1-11(2,3)10-6-8-12(4,5)9-7-10/h6,8,10H,7,9H2,1-5H3/t10-/m0/s1. The van der Waals surface area contributed by atoms with Crippen molar-refractivity contribution >= 4 is 0 Å². The Bertz CT molecular complexity index is 179. The van der Waals surface area contributed by atoms with Crippen LogP contribution in [0.1, 0.15) is 47.5 Å². The summed E-state index contributed by atoms with van der Waals surface area (Å²) >= 11 is 0. The molecule has 0 unspecified atom stereocenters. The Hall–Kier alpha value is -0.260. The predicted octanol–water partition coefficient (Wildman–Crippen LogP) is 4.02. The third-order valence-corrected chi connectivity index (χ3v) is 2.99. The summed E-state index contributed by atoms with van der Waals surface area (Å²) in [6, 6.07) is 0. The van der Waals surface area contributed by atoms with Crippen molar-refractivity contribution in [3.05, 3.63) is 12.2 Å². The fourth-order valence-electron chi connectivity index (χ4n) is 1.81. The second kappa shape index (κ2) is 2.90. The lowest BCUT2D eigenvalue weighted by molar-refractivity contribution is 0.231. The molecule has 1 aliphatic rings. The molecule has 0 bridgehead atoms. The van der Waals surface area contributed by atoms with Gasteiger partial charge in [0.05, 0.1) is 0 Å². The highest BCUT2D eigenvalue weighted by molar-refractivity contribution is 5.05. The van der Waals surface area contributed by atoms with Crippen molar-refractivity contribution in [2.24, 2.45) is 16.7 Å². The average molecular weight is 166 g/mol. The van der Waals surface area contributed by atoms with Crippen LogP contribution in [0.5, 0.6) is 0 Å². The molecule has 70 valence electrons. The van der Waals surface area contributed by atoms with Crippen molar-refractivity contribution in [2.75, 3.05) is 0 Å². The molecule has 0 N–H and O–H groups in total. The van der Waals surface area contributed by atoms with Crippen LogP contribution in [0.3, 0.4) is 0 Å². The molecule has 0 fully saturated rings. The first kappa shape index (κ1) is 9.83. The fraction of sp³-hybridized carbons (Fsp3) is 0.833. The third kappa shape index (κ3) is 2.36. The van der Waals surface area contributed by atoms with Crippen LogP contribution in [0.4, 0.5) is 0 Å². The van der Waals surface area contributed by atoms with E-state index in [1.54, 1.807) is 0 Å². The van der Waals surface area contributed by atoms with E-state index in [1.807, 2.05) is 0 Å². The molecule has 0 aromatic heterocycles. The highest BCUT2D eigenvalue weighted by atomic mass is 14.3. The average Bonchev–Trinajstić information content (AvgIpc) is 1.83. The molecule has 0 nitrogen and oxygen atoms in total. The Morgan fingerprint density at radius 2 is 1.83 bits per heavy atom. The van der Waals surface area contributed by atoms with Crippen LogP contribution in [-0.2, 0) is 0 Å². The summed E-state index contributed by atoms with van der Waals surface area (Å²) in [7, 11) is 0. The summed E-state index contributed by atoms with van der Waals surface area (Å²) in [6.45, 7) is 11.6. The summed E-state index contributed by atoms with van der Waals surface area (Å²) < 4.78 is 0. The molecule has 0 spiro atoms. The fourth-order valence-corrected chi connectivity index (χ4v) is 1.81. The zero-order valence-electron chi connectivity index (χ0n) is 9.15. The van der Waals surface area contributed by atoms with Gasteiger partial charge in [-0.25, -0.2) is 0 Å². The summed E-state index contributed by atoms with van der Waals surface area (Å²) in [4.78, 5) is 0. The van der Waals surface area contributed by atoms with Gasteiger partial charge in [-0.2, -0.15) is 0 Å². The quantitative estimate of drug-likeness (QED) is 0.477. The first-order valence-corrected chi connectivity index (χ1v) is 5.01. The van der Waals surface area contributed by atoms with Crippen LogP contribution in [0.15, 0.2) is 12.2 Å². The SMILES string of the molecule is CC1(C)C=C[C@H](C(C)(C)C)CC1. The molecular formula is C12H22. The first-order valence-electron chi connectivity index (χ1n) is 5.01. The zero-order chi connectivity index (χ0) is 9.41. The minimum atomic E-state index is 0.446. The van der Waals surface area contributed by atoms with Gasteiger partial charge in [0.15, 0.2) is 0 Å². The van der Waals surface area contributed by atoms with Crippen molar-refractivity contribution in [1.29, 1.82) is 0 Å². The Morgan fingerprint density at radius 1 is 1.25 bits per heavy atom. The van der Waals surface area contributed by atoms with Crippen molar-refractivity contribution in [2.45, 2.75) is 47.5 Å². The van der Waals surface area contributed by atoms with Crippen LogP contribution >= 0.6 is 0 Å². The minimum absolute atomic E-state index is 0.446. The van der Waals surface area contributed by atoms with Gasteiger partial charge < -0.3 is 0 Å². The van der Waals surface area contributed by atoms with Crippen molar-refractivity contribution in [3.63, 3.8) is 0 Å². The lowest BCUT2D eigenvalue weighted by Gasteiger charge is -2.35. The second-order valence-corrected chi connectivity index (χ2v) is 5.86. The molecule has 0 saturated carbocycles. The smallest absolute Gasteiger partial charge is 0.0175 e. The Labute approximate surface area is 77.1 Å². The number of hydrogen-bond donors (Lipinski definition) is 0. The van der Waals surface area contributed by atoms with E-state index in [9.17, 15) is 0 Å². The molecule has 0 saturated heterocycles. The minimum Gasteiger partial charge on any atom is -0.0844 e. The van der Waals surface area contributed by atoms with Gasteiger partial charge in [-0.1, -0.05) is 46.8 Å². The van der Waals surface area contributed by atoms with Crippen LogP contribution in [0.2, 0.25) is 0 Å². The highest BCUT2D eigenvalue weighted by Crippen LogP contribution is 2.39. The van der Waals surface area contributed by atoms with Crippen LogP contribution in [-0.4, -0.2) is 0 Å². The Balaban J connectivity index is 2.67.